The smallest absolute Gasteiger partial charge is 0.294 e. The lowest BCUT2D eigenvalue weighted by atomic mass is 10.1. The van der Waals surface area contributed by atoms with Gasteiger partial charge in [-0.2, -0.15) is 0 Å². The zero-order chi connectivity index (χ0) is 25.5. The van der Waals surface area contributed by atoms with Crippen LogP contribution in [0.4, 0.5) is 10.5 Å². The van der Waals surface area contributed by atoms with Gasteiger partial charge >= 0.3 is 0 Å². The highest BCUT2D eigenvalue weighted by Crippen LogP contribution is 2.38. The summed E-state index contributed by atoms with van der Waals surface area (Å²) in [5.41, 5.74) is 2.32. The lowest BCUT2D eigenvalue weighted by molar-refractivity contribution is -0.127. The van der Waals surface area contributed by atoms with E-state index in [9.17, 15) is 14.4 Å². The van der Waals surface area contributed by atoms with Crippen LogP contribution in [0.15, 0.2) is 77.7 Å². The number of para-hydroxylation sites is 1. The van der Waals surface area contributed by atoms with Crippen molar-refractivity contribution in [2.24, 2.45) is 0 Å². The number of thioether (sulfide) groups is 1. The van der Waals surface area contributed by atoms with Gasteiger partial charge in [0, 0.05) is 5.69 Å². The van der Waals surface area contributed by atoms with Crippen LogP contribution in [0.25, 0.3) is 6.08 Å². The number of carbonyl (C=O) groups excluding carboxylic acids is 3. The van der Waals surface area contributed by atoms with E-state index in [1.807, 2.05) is 49.4 Å². The number of amides is 3. The molecule has 1 N–H and O–H groups in total. The number of anilines is 1. The quantitative estimate of drug-likeness (QED) is 0.237. The lowest BCUT2D eigenvalue weighted by Crippen LogP contribution is -2.36. The largest absolute Gasteiger partial charge is 0.490 e. The molecule has 0 saturated carbocycles. The van der Waals surface area contributed by atoms with E-state index >= 15 is 0 Å². The Morgan fingerprint density at radius 1 is 1.03 bits per heavy atom. The van der Waals surface area contributed by atoms with Crippen molar-refractivity contribution in [2.45, 2.75) is 13.5 Å². The summed E-state index contributed by atoms with van der Waals surface area (Å²) in [5, 5.41) is 2.20. The highest BCUT2D eigenvalue weighted by molar-refractivity contribution is 14.1. The number of benzene rings is 3. The molecule has 1 aliphatic heterocycles. The van der Waals surface area contributed by atoms with E-state index in [-0.39, 0.29) is 11.4 Å². The van der Waals surface area contributed by atoms with Gasteiger partial charge in [-0.15, -0.1) is 0 Å². The zero-order valence-electron chi connectivity index (χ0n) is 19.4. The molecule has 1 fully saturated rings. The summed E-state index contributed by atoms with van der Waals surface area (Å²) >= 11 is 2.97. The van der Waals surface area contributed by atoms with Gasteiger partial charge in [0.1, 0.15) is 13.2 Å². The van der Waals surface area contributed by atoms with Crippen LogP contribution in [0.5, 0.6) is 11.5 Å². The maximum atomic E-state index is 12.9. The molecule has 0 spiro atoms. The molecular formula is C27H23IN2O5S. The summed E-state index contributed by atoms with van der Waals surface area (Å²) in [5.74, 6) is 0.209. The normalized spacial score (nSPS) is 14.3. The second kappa shape index (κ2) is 12.1. The highest BCUT2D eigenvalue weighted by Gasteiger charge is 2.36. The van der Waals surface area contributed by atoms with Crippen LogP contribution in [0.2, 0.25) is 0 Å². The van der Waals surface area contributed by atoms with E-state index in [2.05, 4.69) is 27.9 Å². The van der Waals surface area contributed by atoms with Crippen LogP contribution in [0, 0.1) is 3.57 Å². The molecule has 184 valence electrons. The monoisotopic (exact) mass is 614 g/mol. The molecule has 36 heavy (non-hydrogen) atoms. The minimum absolute atomic E-state index is 0.240. The molecule has 1 saturated heterocycles. The standard InChI is InChI=1S/C27H23IN2O5S/c1-2-34-22-14-19(13-21(28)25(22)35-17-18-9-5-3-6-10-18)15-23-26(32)30(27(33)36-23)16-24(31)29-20-11-7-4-8-12-20/h3-15H,2,16-17H2,1H3,(H,29,31)/b23-15+. The Labute approximate surface area is 227 Å². The van der Waals surface area contributed by atoms with E-state index < -0.39 is 17.1 Å². The molecule has 9 heteroatoms. The predicted octanol–water partition coefficient (Wildman–Crippen LogP) is 5.94. The first-order valence-corrected chi connectivity index (χ1v) is 13.1. The van der Waals surface area contributed by atoms with Crippen molar-refractivity contribution < 1.29 is 23.9 Å². The van der Waals surface area contributed by atoms with Crippen molar-refractivity contribution in [3.63, 3.8) is 0 Å². The summed E-state index contributed by atoms with van der Waals surface area (Å²) in [6.07, 6.45) is 1.63. The van der Waals surface area contributed by atoms with Crippen LogP contribution in [-0.4, -0.2) is 35.1 Å². The Bertz CT molecular complexity index is 1300. The fourth-order valence-corrected chi connectivity index (χ4v) is 5.08. The van der Waals surface area contributed by atoms with Gasteiger partial charge in [0.25, 0.3) is 11.1 Å². The number of halogens is 1. The summed E-state index contributed by atoms with van der Waals surface area (Å²) in [6, 6.07) is 22.3. The molecular weight excluding hydrogens is 591 g/mol. The Morgan fingerprint density at radius 2 is 1.72 bits per heavy atom. The number of nitrogens with one attached hydrogen (secondary N) is 1. The molecule has 0 bridgehead atoms. The Morgan fingerprint density at radius 3 is 2.42 bits per heavy atom. The number of carbonyl (C=O) groups is 3. The van der Waals surface area contributed by atoms with Crippen molar-refractivity contribution in [1.82, 2.24) is 4.90 Å². The molecule has 0 atom stereocenters. The summed E-state index contributed by atoms with van der Waals surface area (Å²) in [6.45, 7) is 2.35. The summed E-state index contributed by atoms with van der Waals surface area (Å²) in [4.78, 5) is 38.9. The Balaban J connectivity index is 1.49. The van der Waals surface area contributed by atoms with Gasteiger partial charge in [0.15, 0.2) is 11.5 Å². The van der Waals surface area contributed by atoms with Gasteiger partial charge in [-0.1, -0.05) is 48.5 Å². The third kappa shape index (κ3) is 6.46. The van der Waals surface area contributed by atoms with E-state index in [4.69, 9.17) is 9.47 Å². The molecule has 0 radical (unpaired) electrons. The number of rotatable bonds is 9. The van der Waals surface area contributed by atoms with Gasteiger partial charge in [-0.25, -0.2) is 0 Å². The third-order valence-electron chi connectivity index (χ3n) is 5.09. The molecule has 3 aromatic rings. The van der Waals surface area contributed by atoms with Gasteiger partial charge in [0.05, 0.1) is 15.1 Å². The van der Waals surface area contributed by atoms with Crippen LogP contribution in [-0.2, 0) is 16.2 Å². The Hall–Kier alpha value is -3.31. The average Bonchev–Trinajstić information content (AvgIpc) is 3.12. The molecule has 1 heterocycles. The molecule has 0 aliphatic carbocycles. The van der Waals surface area contributed by atoms with Crippen molar-refractivity contribution in [2.75, 3.05) is 18.5 Å². The van der Waals surface area contributed by atoms with Crippen LogP contribution in [0.3, 0.4) is 0 Å². The predicted molar refractivity (Wildman–Crippen MR) is 149 cm³/mol. The van der Waals surface area contributed by atoms with E-state index in [1.54, 1.807) is 36.4 Å². The molecule has 0 unspecified atom stereocenters. The first kappa shape index (κ1) is 25.8. The number of imide groups is 1. The van der Waals surface area contributed by atoms with Crippen molar-refractivity contribution in [3.8, 4) is 11.5 Å². The highest BCUT2D eigenvalue weighted by atomic mass is 127. The van der Waals surface area contributed by atoms with Crippen LogP contribution < -0.4 is 14.8 Å². The van der Waals surface area contributed by atoms with Crippen LogP contribution >= 0.6 is 34.4 Å². The first-order valence-electron chi connectivity index (χ1n) is 11.2. The van der Waals surface area contributed by atoms with Crippen molar-refractivity contribution in [1.29, 1.82) is 0 Å². The van der Waals surface area contributed by atoms with Crippen LogP contribution in [0.1, 0.15) is 18.1 Å². The number of hydrogen-bond donors (Lipinski definition) is 1. The Kier molecular flexibility index (Phi) is 8.65. The summed E-state index contributed by atoms with van der Waals surface area (Å²) in [7, 11) is 0. The van der Waals surface area contributed by atoms with E-state index in [0.29, 0.717) is 36.0 Å². The zero-order valence-corrected chi connectivity index (χ0v) is 22.4. The fraction of sp³-hybridized carbons (Fsp3) is 0.148. The number of ether oxygens (including phenoxy) is 2. The SMILES string of the molecule is CCOc1cc(/C=C2/SC(=O)N(CC(=O)Nc3ccccc3)C2=O)cc(I)c1OCc1ccccc1. The topological polar surface area (TPSA) is 84.9 Å². The first-order chi connectivity index (χ1) is 17.4. The van der Waals surface area contributed by atoms with Gasteiger partial charge in [0.2, 0.25) is 5.91 Å². The minimum atomic E-state index is -0.509. The second-order valence-corrected chi connectivity index (χ2v) is 9.87. The van der Waals surface area contributed by atoms with E-state index in [1.165, 1.54) is 0 Å². The number of nitrogens with zero attached hydrogens (tertiary/aromatic N) is 1. The molecule has 7 nitrogen and oxygen atoms in total. The maximum Gasteiger partial charge on any atom is 0.294 e. The minimum Gasteiger partial charge on any atom is -0.490 e. The fourth-order valence-electron chi connectivity index (χ4n) is 3.46. The number of hydrogen-bond acceptors (Lipinski definition) is 6. The van der Waals surface area contributed by atoms with Crippen molar-refractivity contribution in [3.05, 3.63) is 92.4 Å². The third-order valence-corrected chi connectivity index (χ3v) is 6.80. The van der Waals surface area contributed by atoms with Gasteiger partial charge in [-0.3, -0.25) is 19.3 Å². The molecule has 3 aromatic carbocycles. The van der Waals surface area contributed by atoms with Gasteiger partial charge < -0.3 is 14.8 Å². The van der Waals surface area contributed by atoms with Crippen molar-refractivity contribution >= 4 is 63.2 Å². The molecule has 0 aromatic heterocycles. The van der Waals surface area contributed by atoms with Gasteiger partial charge in [-0.05, 0) is 82.7 Å². The average molecular weight is 614 g/mol. The van der Waals surface area contributed by atoms with E-state index in [0.717, 1.165) is 25.8 Å². The summed E-state index contributed by atoms with van der Waals surface area (Å²) < 4.78 is 12.7. The maximum absolute atomic E-state index is 12.9. The molecule has 1 aliphatic rings. The second-order valence-electron chi connectivity index (χ2n) is 7.72. The lowest BCUT2D eigenvalue weighted by Gasteiger charge is -2.15. The molecule has 4 rings (SSSR count). The molecule has 3 amide bonds.